The van der Waals surface area contributed by atoms with Gasteiger partial charge in [-0.25, -0.2) is 0 Å². The first-order chi connectivity index (χ1) is 10.8. The number of nitrogens with one attached hydrogen (secondary N) is 1. The second-order valence-electron chi connectivity index (χ2n) is 6.31. The zero-order chi connectivity index (χ0) is 15.4. The summed E-state index contributed by atoms with van der Waals surface area (Å²) >= 11 is 0. The lowest BCUT2D eigenvalue weighted by molar-refractivity contribution is 0.0921. The highest BCUT2D eigenvalue weighted by Gasteiger charge is 2.22. The van der Waals surface area contributed by atoms with E-state index in [0.29, 0.717) is 30.6 Å². The van der Waals surface area contributed by atoms with Crippen LogP contribution in [0.2, 0.25) is 0 Å². The van der Waals surface area contributed by atoms with Crippen molar-refractivity contribution in [2.45, 2.75) is 51.5 Å². The molecule has 1 N–H and O–H groups in total. The van der Waals surface area contributed by atoms with Crippen LogP contribution in [0, 0.1) is 5.92 Å². The molecule has 1 fully saturated rings. The fraction of sp³-hybridized carbons (Fsp3) is 0.611. The molecule has 1 heterocycles. The minimum Gasteiger partial charge on any atom is -0.490 e. The largest absolute Gasteiger partial charge is 0.490 e. The topological polar surface area (TPSA) is 47.6 Å². The van der Waals surface area contributed by atoms with E-state index in [1.165, 1.54) is 19.3 Å². The smallest absolute Gasteiger partial charge is 0.251 e. The second-order valence-corrected chi connectivity index (χ2v) is 6.31. The van der Waals surface area contributed by atoms with Gasteiger partial charge in [-0.05, 0) is 49.8 Å². The molecule has 0 spiro atoms. The Morgan fingerprint density at radius 2 is 1.86 bits per heavy atom. The maximum Gasteiger partial charge on any atom is 0.251 e. The fourth-order valence-electron chi connectivity index (χ4n) is 3.29. The van der Waals surface area contributed by atoms with Gasteiger partial charge >= 0.3 is 0 Å². The summed E-state index contributed by atoms with van der Waals surface area (Å²) < 4.78 is 11.3. The van der Waals surface area contributed by atoms with Crippen molar-refractivity contribution in [3.8, 4) is 11.5 Å². The first kappa shape index (κ1) is 15.2. The summed E-state index contributed by atoms with van der Waals surface area (Å²) in [4.78, 5) is 12.4. The van der Waals surface area contributed by atoms with Crippen LogP contribution < -0.4 is 14.8 Å². The molecule has 2 aliphatic rings. The normalized spacial score (nSPS) is 24.4. The predicted molar refractivity (Wildman–Crippen MR) is 85.6 cm³/mol. The standard InChI is InChI=1S/C18H25NO3/c1-2-13-4-7-15(8-5-13)19-18(20)14-6-9-16-17(12-14)22-11-3-10-21-16/h6,9,12-13,15H,2-5,7-8,10-11H2,1H3,(H,19,20). The van der Waals surface area contributed by atoms with E-state index in [-0.39, 0.29) is 5.91 Å². The van der Waals surface area contributed by atoms with E-state index in [2.05, 4.69) is 12.2 Å². The number of benzene rings is 1. The lowest BCUT2D eigenvalue weighted by Gasteiger charge is -2.28. The average Bonchev–Trinajstić information content (AvgIpc) is 2.80. The van der Waals surface area contributed by atoms with Gasteiger partial charge in [0.2, 0.25) is 0 Å². The van der Waals surface area contributed by atoms with Crippen LogP contribution >= 0.6 is 0 Å². The van der Waals surface area contributed by atoms with Crippen LogP contribution in [0.3, 0.4) is 0 Å². The Hall–Kier alpha value is -1.71. The molecular formula is C18H25NO3. The highest BCUT2D eigenvalue weighted by atomic mass is 16.5. The van der Waals surface area contributed by atoms with Crippen LogP contribution in [-0.4, -0.2) is 25.2 Å². The molecule has 4 nitrogen and oxygen atoms in total. The molecule has 0 bridgehead atoms. The molecule has 0 unspecified atom stereocenters. The van der Waals surface area contributed by atoms with Gasteiger partial charge in [0.15, 0.2) is 11.5 Å². The number of hydrogen-bond donors (Lipinski definition) is 1. The Bertz CT molecular complexity index is 521. The summed E-state index contributed by atoms with van der Waals surface area (Å²) in [5, 5.41) is 3.17. The maximum atomic E-state index is 12.4. The number of hydrogen-bond acceptors (Lipinski definition) is 3. The molecule has 0 atom stereocenters. The first-order valence-corrected chi connectivity index (χ1v) is 8.46. The highest BCUT2D eigenvalue weighted by Crippen LogP contribution is 2.31. The number of carbonyl (C=O) groups excluding carboxylic acids is 1. The first-order valence-electron chi connectivity index (χ1n) is 8.46. The Labute approximate surface area is 132 Å². The van der Waals surface area contributed by atoms with Crippen molar-refractivity contribution in [3.63, 3.8) is 0 Å². The van der Waals surface area contributed by atoms with Crippen LogP contribution in [0.25, 0.3) is 0 Å². The Morgan fingerprint density at radius 3 is 2.59 bits per heavy atom. The lowest BCUT2D eigenvalue weighted by Crippen LogP contribution is -2.37. The van der Waals surface area contributed by atoms with Crippen LogP contribution in [0.15, 0.2) is 18.2 Å². The van der Waals surface area contributed by atoms with Crippen molar-refractivity contribution in [2.75, 3.05) is 13.2 Å². The van der Waals surface area contributed by atoms with Crippen LogP contribution in [0.1, 0.15) is 55.8 Å². The van der Waals surface area contributed by atoms with Crippen molar-refractivity contribution in [2.24, 2.45) is 5.92 Å². The van der Waals surface area contributed by atoms with Gasteiger partial charge < -0.3 is 14.8 Å². The van der Waals surface area contributed by atoms with Gasteiger partial charge in [0.1, 0.15) is 0 Å². The number of carbonyl (C=O) groups is 1. The highest BCUT2D eigenvalue weighted by molar-refractivity contribution is 5.95. The molecule has 0 radical (unpaired) electrons. The average molecular weight is 303 g/mol. The fourth-order valence-corrected chi connectivity index (χ4v) is 3.29. The number of ether oxygens (including phenoxy) is 2. The molecule has 1 aliphatic carbocycles. The van der Waals surface area contributed by atoms with Gasteiger partial charge in [0.05, 0.1) is 13.2 Å². The van der Waals surface area contributed by atoms with Gasteiger partial charge in [0, 0.05) is 18.0 Å². The summed E-state index contributed by atoms with van der Waals surface area (Å²) in [7, 11) is 0. The van der Waals surface area contributed by atoms with Crippen LogP contribution in [0.4, 0.5) is 0 Å². The van der Waals surface area contributed by atoms with E-state index in [4.69, 9.17) is 9.47 Å². The van der Waals surface area contributed by atoms with E-state index >= 15 is 0 Å². The maximum absolute atomic E-state index is 12.4. The van der Waals surface area contributed by atoms with E-state index in [1.807, 2.05) is 12.1 Å². The molecule has 0 saturated heterocycles. The number of fused-ring (bicyclic) bond motifs is 1. The lowest BCUT2D eigenvalue weighted by atomic mass is 9.84. The molecule has 0 aromatic heterocycles. The van der Waals surface area contributed by atoms with Gasteiger partial charge in [-0.2, -0.15) is 0 Å². The zero-order valence-electron chi connectivity index (χ0n) is 13.3. The van der Waals surface area contributed by atoms with E-state index < -0.39 is 0 Å². The Kier molecular flexibility index (Phi) is 4.86. The molecular weight excluding hydrogens is 278 g/mol. The Balaban J connectivity index is 1.62. The van der Waals surface area contributed by atoms with E-state index in [1.54, 1.807) is 6.07 Å². The molecule has 1 amide bonds. The number of amides is 1. The molecule has 1 aliphatic heterocycles. The molecule has 1 aromatic carbocycles. The Morgan fingerprint density at radius 1 is 1.14 bits per heavy atom. The molecule has 1 saturated carbocycles. The van der Waals surface area contributed by atoms with Gasteiger partial charge in [-0.1, -0.05) is 13.3 Å². The molecule has 22 heavy (non-hydrogen) atoms. The monoisotopic (exact) mass is 303 g/mol. The summed E-state index contributed by atoms with van der Waals surface area (Å²) in [6.07, 6.45) is 6.76. The zero-order valence-corrected chi connectivity index (χ0v) is 13.3. The third-order valence-electron chi connectivity index (χ3n) is 4.77. The van der Waals surface area contributed by atoms with E-state index in [0.717, 1.165) is 30.9 Å². The van der Waals surface area contributed by atoms with Gasteiger partial charge in [-0.3, -0.25) is 4.79 Å². The SMILES string of the molecule is CCC1CCC(NC(=O)c2ccc3c(c2)OCCCO3)CC1. The van der Waals surface area contributed by atoms with Crippen molar-refractivity contribution in [3.05, 3.63) is 23.8 Å². The van der Waals surface area contributed by atoms with Gasteiger partial charge in [0.25, 0.3) is 5.91 Å². The van der Waals surface area contributed by atoms with Crippen molar-refractivity contribution < 1.29 is 14.3 Å². The van der Waals surface area contributed by atoms with Crippen molar-refractivity contribution in [1.82, 2.24) is 5.32 Å². The summed E-state index contributed by atoms with van der Waals surface area (Å²) in [6.45, 7) is 3.56. The minimum absolute atomic E-state index is 0.00408. The summed E-state index contributed by atoms with van der Waals surface area (Å²) in [5.74, 6) is 2.25. The third-order valence-corrected chi connectivity index (χ3v) is 4.77. The third kappa shape index (κ3) is 3.54. The summed E-state index contributed by atoms with van der Waals surface area (Å²) in [5.41, 5.74) is 0.655. The molecule has 1 aromatic rings. The molecule has 3 rings (SSSR count). The quantitative estimate of drug-likeness (QED) is 0.929. The summed E-state index contributed by atoms with van der Waals surface area (Å²) in [6, 6.07) is 5.77. The predicted octanol–water partition coefficient (Wildman–Crippen LogP) is 3.55. The molecule has 120 valence electrons. The van der Waals surface area contributed by atoms with Crippen LogP contribution in [0.5, 0.6) is 11.5 Å². The van der Waals surface area contributed by atoms with Gasteiger partial charge in [-0.15, -0.1) is 0 Å². The minimum atomic E-state index is -0.00408. The van der Waals surface area contributed by atoms with Crippen molar-refractivity contribution in [1.29, 1.82) is 0 Å². The molecule has 4 heteroatoms. The van der Waals surface area contributed by atoms with Crippen molar-refractivity contribution >= 4 is 5.91 Å². The van der Waals surface area contributed by atoms with E-state index in [9.17, 15) is 4.79 Å². The number of rotatable bonds is 3. The second kappa shape index (κ2) is 7.03. The van der Waals surface area contributed by atoms with Crippen LogP contribution in [-0.2, 0) is 0 Å².